The molecule has 0 unspecified atom stereocenters. The van der Waals surface area contributed by atoms with Gasteiger partial charge in [0.05, 0.1) is 27.2 Å². The zero-order chi connectivity index (χ0) is 17.9. The molecule has 146 valence electrons. The summed E-state index contributed by atoms with van der Waals surface area (Å²) in [6.45, 7) is 7.30. The first-order chi connectivity index (χ1) is 11.6. The van der Waals surface area contributed by atoms with E-state index in [0.29, 0.717) is 0 Å². The summed E-state index contributed by atoms with van der Waals surface area (Å²) in [6.07, 6.45) is 24.7. The standard InChI is InChI=1S/C23H50N/c1-5-7-8-9-10-11-12-13-14-15-16-17-18-19-20-21-23-24(3,4)22-6-2/h5-23H2,1-4H3/q+1. The summed E-state index contributed by atoms with van der Waals surface area (Å²) in [5, 5.41) is 0. The van der Waals surface area contributed by atoms with Crippen molar-refractivity contribution in [1.82, 2.24) is 0 Å². The fourth-order valence-electron chi connectivity index (χ4n) is 3.81. The van der Waals surface area contributed by atoms with Crippen molar-refractivity contribution in [2.45, 2.75) is 123 Å². The number of unbranched alkanes of at least 4 members (excludes halogenated alkanes) is 15. The molecule has 0 bridgehead atoms. The van der Waals surface area contributed by atoms with Crippen LogP contribution in [0.3, 0.4) is 0 Å². The van der Waals surface area contributed by atoms with Crippen LogP contribution in [0.2, 0.25) is 0 Å². The van der Waals surface area contributed by atoms with E-state index >= 15 is 0 Å². The third kappa shape index (κ3) is 18.3. The van der Waals surface area contributed by atoms with E-state index in [2.05, 4.69) is 27.9 Å². The second-order valence-corrected chi connectivity index (χ2v) is 8.69. The molecule has 24 heavy (non-hydrogen) atoms. The third-order valence-corrected chi connectivity index (χ3v) is 5.45. The predicted octanol–water partition coefficient (Wildman–Crippen LogP) is 7.73. The Morgan fingerprint density at radius 1 is 0.375 bits per heavy atom. The van der Waals surface area contributed by atoms with Gasteiger partial charge in [0.15, 0.2) is 0 Å². The van der Waals surface area contributed by atoms with Gasteiger partial charge in [-0.15, -0.1) is 0 Å². The maximum absolute atomic E-state index is 2.38. The molecule has 0 fully saturated rings. The molecule has 0 spiro atoms. The summed E-state index contributed by atoms with van der Waals surface area (Å²) in [6, 6.07) is 0. The Balaban J connectivity index is 3.10. The molecule has 0 aromatic heterocycles. The second kappa shape index (κ2) is 17.8. The zero-order valence-electron chi connectivity index (χ0n) is 17.9. The van der Waals surface area contributed by atoms with Crippen LogP contribution >= 0.6 is 0 Å². The van der Waals surface area contributed by atoms with E-state index in [1.807, 2.05) is 0 Å². The highest BCUT2D eigenvalue weighted by atomic mass is 15.3. The van der Waals surface area contributed by atoms with E-state index in [1.165, 1.54) is 127 Å². The van der Waals surface area contributed by atoms with Crippen molar-refractivity contribution >= 4 is 0 Å². The van der Waals surface area contributed by atoms with Gasteiger partial charge in [-0.1, -0.05) is 104 Å². The van der Waals surface area contributed by atoms with E-state index in [0.717, 1.165) is 0 Å². The fourth-order valence-corrected chi connectivity index (χ4v) is 3.81. The van der Waals surface area contributed by atoms with E-state index in [9.17, 15) is 0 Å². The number of hydrogen-bond acceptors (Lipinski definition) is 0. The number of hydrogen-bond donors (Lipinski definition) is 0. The fraction of sp³-hybridized carbons (Fsp3) is 1.00. The van der Waals surface area contributed by atoms with Gasteiger partial charge in [0.25, 0.3) is 0 Å². The molecule has 0 aromatic carbocycles. The van der Waals surface area contributed by atoms with E-state index in [-0.39, 0.29) is 0 Å². The van der Waals surface area contributed by atoms with Gasteiger partial charge in [-0.25, -0.2) is 0 Å². The first kappa shape index (κ1) is 24.0. The highest BCUT2D eigenvalue weighted by Gasteiger charge is 2.11. The largest absolute Gasteiger partial charge is 0.328 e. The first-order valence-corrected chi connectivity index (χ1v) is 11.4. The molecular formula is C23H50N+. The van der Waals surface area contributed by atoms with Crippen molar-refractivity contribution in [2.75, 3.05) is 27.2 Å². The molecule has 0 aliphatic heterocycles. The van der Waals surface area contributed by atoms with E-state index in [4.69, 9.17) is 0 Å². The normalized spacial score (nSPS) is 12.0. The van der Waals surface area contributed by atoms with Gasteiger partial charge in [-0.2, -0.15) is 0 Å². The molecule has 0 radical (unpaired) electrons. The molecule has 0 N–H and O–H groups in total. The lowest BCUT2D eigenvalue weighted by molar-refractivity contribution is -0.890. The molecule has 0 saturated carbocycles. The first-order valence-electron chi connectivity index (χ1n) is 11.4. The van der Waals surface area contributed by atoms with Gasteiger partial charge in [-0.05, 0) is 19.3 Å². The summed E-state index contributed by atoms with van der Waals surface area (Å²) in [7, 11) is 4.77. The smallest absolute Gasteiger partial charge is 0.0782 e. The summed E-state index contributed by atoms with van der Waals surface area (Å²) in [5.41, 5.74) is 0. The average Bonchev–Trinajstić information content (AvgIpc) is 2.54. The minimum absolute atomic E-state index is 1.22. The third-order valence-electron chi connectivity index (χ3n) is 5.45. The second-order valence-electron chi connectivity index (χ2n) is 8.69. The Kier molecular flexibility index (Phi) is 17.7. The van der Waals surface area contributed by atoms with Crippen molar-refractivity contribution in [1.29, 1.82) is 0 Å². The highest BCUT2D eigenvalue weighted by molar-refractivity contribution is 4.50. The van der Waals surface area contributed by atoms with Gasteiger partial charge >= 0.3 is 0 Å². The van der Waals surface area contributed by atoms with Crippen molar-refractivity contribution in [3.63, 3.8) is 0 Å². The molecular weight excluding hydrogens is 290 g/mol. The van der Waals surface area contributed by atoms with E-state index in [1.54, 1.807) is 0 Å². The molecule has 0 amide bonds. The maximum atomic E-state index is 2.38. The number of rotatable bonds is 19. The number of quaternary nitrogens is 1. The molecule has 0 aromatic rings. The Morgan fingerprint density at radius 2 is 0.708 bits per heavy atom. The van der Waals surface area contributed by atoms with Crippen LogP contribution in [0.25, 0.3) is 0 Å². The Labute approximate surface area is 155 Å². The molecule has 0 aliphatic rings. The summed E-state index contributed by atoms with van der Waals surface area (Å²) in [5.74, 6) is 0. The van der Waals surface area contributed by atoms with Crippen LogP contribution in [0, 0.1) is 0 Å². The molecule has 0 saturated heterocycles. The predicted molar refractivity (Wildman–Crippen MR) is 112 cm³/mol. The van der Waals surface area contributed by atoms with Crippen LogP contribution in [0.15, 0.2) is 0 Å². The molecule has 1 heteroatoms. The zero-order valence-corrected chi connectivity index (χ0v) is 17.9. The minimum atomic E-state index is 1.22. The van der Waals surface area contributed by atoms with Crippen LogP contribution < -0.4 is 0 Å². The molecule has 0 heterocycles. The maximum Gasteiger partial charge on any atom is 0.0782 e. The summed E-state index contributed by atoms with van der Waals surface area (Å²) >= 11 is 0. The Bertz CT molecular complexity index is 234. The van der Waals surface area contributed by atoms with E-state index < -0.39 is 0 Å². The lowest BCUT2D eigenvalue weighted by Gasteiger charge is -2.29. The molecule has 1 nitrogen and oxygen atoms in total. The lowest BCUT2D eigenvalue weighted by atomic mass is 10.0. The minimum Gasteiger partial charge on any atom is -0.328 e. The lowest BCUT2D eigenvalue weighted by Crippen LogP contribution is -2.40. The molecule has 0 aliphatic carbocycles. The molecule has 0 atom stereocenters. The van der Waals surface area contributed by atoms with Crippen LogP contribution in [-0.2, 0) is 0 Å². The van der Waals surface area contributed by atoms with Crippen molar-refractivity contribution < 1.29 is 4.48 Å². The summed E-state index contributed by atoms with van der Waals surface area (Å²) in [4.78, 5) is 0. The van der Waals surface area contributed by atoms with Gasteiger partial charge in [0, 0.05) is 0 Å². The quantitative estimate of drug-likeness (QED) is 0.167. The molecule has 0 rings (SSSR count). The van der Waals surface area contributed by atoms with Crippen LogP contribution in [-0.4, -0.2) is 31.7 Å². The van der Waals surface area contributed by atoms with Crippen LogP contribution in [0.5, 0.6) is 0 Å². The SMILES string of the molecule is CCCCCCCCCCCCCCCCCC[N+](C)(C)CCC. The topological polar surface area (TPSA) is 0 Å². The summed E-state index contributed by atoms with van der Waals surface area (Å²) < 4.78 is 1.22. The highest BCUT2D eigenvalue weighted by Crippen LogP contribution is 2.14. The number of nitrogens with zero attached hydrogens (tertiary/aromatic N) is 1. The van der Waals surface area contributed by atoms with Crippen LogP contribution in [0.1, 0.15) is 123 Å². The van der Waals surface area contributed by atoms with Gasteiger partial charge in [-0.3, -0.25) is 0 Å². The van der Waals surface area contributed by atoms with Crippen molar-refractivity contribution in [3.05, 3.63) is 0 Å². The average molecular weight is 341 g/mol. The Hall–Kier alpha value is -0.0400. The van der Waals surface area contributed by atoms with Crippen LogP contribution in [0.4, 0.5) is 0 Å². The van der Waals surface area contributed by atoms with Crippen molar-refractivity contribution in [3.8, 4) is 0 Å². The van der Waals surface area contributed by atoms with Gasteiger partial charge in [0.2, 0.25) is 0 Å². The van der Waals surface area contributed by atoms with Gasteiger partial charge < -0.3 is 4.48 Å². The monoisotopic (exact) mass is 340 g/mol. The van der Waals surface area contributed by atoms with Crippen molar-refractivity contribution in [2.24, 2.45) is 0 Å². The Morgan fingerprint density at radius 3 is 1.04 bits per heavy atom. The van der Waals surface area contributed by atoms with Gasteiger partial charge in [0.1, 0.15) is 0 Å².